The zero-order valence-corrected chi connectivity index (χ0v) is 15.3. The summed E-state index contributed by atoms with van der Waals surface area (Å²) in [6.45, 7) is 1.66. The van der Waals surface area contributed by atoms with Crippen LogP contribution in [0.4, 0.5) is 0 Å². The Bertz CT molecular complexity index is 566. The van der Waals surface area contributed by atoms with Crippen molar-refractivity contribution in [2.75, 3.05) is 0 Å². The van der Waals surface area contributed by atoms with E-state index in [1.54, 1.807) is 6.92 Å². The predicted octanol–water partition coefficient (Wildman–Crippen LogP) is 4.01. The lowest BCUT2D eigenvalue weighted by Gasteiger charge is -2.24. The van der Waals surface area contributed by atoms with Gasteiger partial charge in [0.25, 0.3) is 5.91 Å². The van der Waals surface area contributed by atoms with E-state index in [1.165, 1.54) is 60.3 Å². The van der Waals surface area contributed by atoms with Gasteiger partial charge in [0.15, 0.2) is 6.10 Å². The summed E-state index contributed by atoms with van der Waals surface area (Å²) in [4.78, 5) is 26.6. The molecule has 0 aromatic carbocycles. The fourth-order valence-corrected chi connectivity index (χ4v) is 4.74. The third-order valence-electron chi connectivity index (χ3n) is 5.05. The van der Waals surface area contributed by atoms with E-state index in [0.29, 0.717) is 4.88 Å². The second-order valence-electron chi connectivity index (χ2n) is 7.01. The van der Waals surface area contributed by atoms with Gasteiger partial charge in [0, 0.05) is 10.9 Å². The van der Waals surface area contributed by atoms with Crippen LogP contribution in [0, 0.1) is 0 Å². The quantitative estimate of drug-likeness (QED) is 0.660. The molecule has 5 heteroatoms. The number of carbonyl (C=O) groups excluding carboxylic acids is 2. The molecule has 1 heterocycles. The Morgan fingerprint density at radius 1 is 1.12 bits per heavy atom. The molecule has 0 radical (unpaired) electrons. The highest BCUT2D eigenvalue weighted by Crippen LogP contribution is 2.29. The molecule has 1 aromatic heterocycles. The third kappa shape index (κ3) is 4.38. The van der Waals surface area contributed by atoms with Crippen LogP contribution >= 0.6 is 11.3 Å². The minimum Gasteiger partial charge on any atom is -0.448 e. The van der Waals surface area contributed by atoms with Gasteiger partial charge in [-0.05, 0) is 57.1 Å². The van der Waals surface area contributed by atoms with Crippen molar-refractivity contribution in [1.29, 1.82) is 0 Å². The van der Waals surface area contributed by atoms with Crippen LogP contribution in [0.1, 0.15) is 78.4 Å². The summed E-state index contributed by atoms with van der Waals surface area (Å²) in [6.07, 6.45) is 10.7. The van der Waals surface area contributed by atoms with Gasteiger partial charge in [0.2, 0.25) is 0 Å². The van der Waals surface area contributed by atoms with E-state index in [-0.39, 0.29) is 17.9 Å². The maximum atomic E-state index is 12.4. The predicted molar refractivity (Wildman–Crippen MR) is 95.5 cm³/mol. The number of carbonyl (C=O) groups is 2. The third-order valence-corrected chi connectivity index (χ3v) is 6.27. The number of hydrogen-bond donors (Lipinski definition) is 1. The Labute approximate surface area is 148 Å². The normalized spacial score (nSPS) is 19.9. The van der Waals surface area contributed by atoms with E-state index in [0.717, 1.165) is 25.7 Å². The molecule has 1 saturated carbocycles. The number of nitrogens with one attached hydrogen (secondary N) is 1. The molecular formula is C19H27NO3S. The number of hydrogen-bond acceptors (Lipinski definition) is 4. The summed E-state index contributed by atoms with van der Waals surface area (Å²) in [5.74, 6) is -0.535. The SMILES string of the molecule is C[C@@H](OC(=O)c1cc2c(s1)CCCCC2)C(=O)NC1CCCCC1. The van der Waals surface area contributed by atoms with Crippen molar-refractivity contribution in [3.8, 4) is 0 Å². The number of thiophene rings is 1. The lowest BCUT2D eigenvalue weighted by molar-refractivity contribution is -0.130. The molecular weight excluding hydrogens is 322 g/mol. The number of aryl methyl sites for hydroxylation is 2. The van der Waals surface area contributed by atoms with Crippen LogP contribution in [0.15, 0.2) is 6.07 Å². The Morgan fingerprint density at radius 2 is 1.83 bits per heavy atom. The molecule has 1 atom stereocenters. The average Bonchev–Trinajstić information content (AvgIpc) is 2.87. The van der Waals surface area contributed by atoms with Gasteiger partial charge in [-0.1, -0.05) is 25.7 Å². The topological polar surface area (TPSA) is 55.4 Å². The molecule has 0 unspecified atom stereocenters. The second kappa shape index (κ2) is 8.15. The smallest absolute Gasteiger partial charge is 0.349 e. The average molecular weight is 349 g/mol. The van der Waals surface area contributed by atoms with Gasteiger partial charge < -0.3 is 10.1 Å². The summed E-state index contributed by atoms with van der Waals surface area (Å²) < 4.78 is 5.41. The first-order chi connectivity index (χ1) is 11.6. The summed E-state index contributed by atoms with van der Waals surface area (Å²) in [7, 11) is 0. The van der Waals surface area contributed by atoms with Crippen LogP contribution in [-0.2, 0) is 22.4 Å². The largest absolute Gasteiger partial charge is 0.448 e. The highest BCUT2D eigenvalue weighted by atomic mass is 32.1. The van der Waals surface area contributed by atoms with E-state index in [4.69, 9.17) is 4.74 Å². The van der Waals surface area contributed by atoms with E-state index in [2.05, 4.69) is 5.32 Å². The van der Waals surface area contributed by atoms with E-state index in [1.807, 2.05) is 6.07 Å². The van der Waals surface area contributed by atoms with Crippen molar-refractivity contribution in [2.45, 2.75) is 83.3 Å². The van der Waals surface area contributed by atoms with Crippen LogP contribution in [0.5, 0.6) is 0 Å². The minimum atomic E-state index is -0.735. The first-order valence-corrected chi connectivity index (χ1v) is 10.1. The standard InChI is InChI=1S/C19H27NO3S/c1-13(18(21)20-15-9-5-3-6-10-15)23-19(22)17-12-14-8-4-2-7-11-16(14)24-17/h12-13,15H,2-11H2,1H3,(H,20,21)/t13-/m1/s1. The highest BCUT2D eigenvalue weighted by Gasteiger charge is 2.24. The van der Waals surface area contributed by atoms with Gasteiger partial charge in [-0.25, -0.2) is 4.79 Å². The van der Waals surface area contributed by atoms with Crippen molar-refractivity contribution in [2.24, 2.45) is 0 Å². The first-order valence-electron chi connectivity index (χ1n) is 9.26. The molecule has 1 aromatic rings. The fraction of sp³-hybridized carbons (Fsp3) is 0.684. The molecule has 2 aliphatic rings. The molecule has 1 fully saturated rings. The second-order valence-corrected chi connectivity index (χ2v) is 8.15. The molecule has 132 valence electrons. The van der Waals surface area contributed by atoms with Gasteiger partial charge in [-0.15, -0.1) is 11.3 Å². The molecule has 4 nitrogen and oxygen atoms in total. The number of amides is 1. The van der Waals surface area contributed by atoms with Crippen molar-refractivity contribution >= 4 is 23.2 Å². The first kappa shape index (κ1) is 17.5. The highest BCUT2D eigenvalue weighted by molar-refractivity contribution is 7.14. The molecule has 0 saturated heterocycles. The summed E-state index contributed by atoms with van der Waals surface area (Å²) >= 11 is 1.54. The van der Waals surface area contributed by atoms with Crippen LogP contribution < -0.4 is 5.32 Å². The zero-order chi connectivity index (χ0) is 16.9. The lowest BCUT2D eigenvalue weighted by atomic mass is 9.95. The molecule has 1 N–H and O–H groups in total. The van der Waals surface area contributed by atoms with Gasteiger partial charge >= 0.3 is 5.97 Å². The molecule has 2 aliphatic carbocycles. The van der Waals surface area contributed by atoms with Gasteiger partial charge in [-0.2, -0.15) is 0 Å². The Balaban J connectivity index is 1.54. The van der Waals surface area contributed by atoms with Gasteiger partial charge in [-0.3, -0.25) is 4.79 Å². The Hall–Kier alpha value is -1.36. The molecule has 3 rings (SSSR count). The Morgan fingerprint density at radius 3 is 2.62 bits per heavy atom. The maximum absolute atomic E-state index is 12.4. The van der Waals surface area contributed by atoms with Crippen LogP contribution in [-0.4, -0.2) is 24.0 Å². The van der Waals surface area contributed by atoms with Gasteiger partial charge in [0.1, 0.15) is 4.88 Å². The summed E-state index contributed by atoms with van der Waals surface area (Å²) in [6, 6.07) is 2.21. The monoisotopic (exact) mass is 349 g/mol. The van der Waals surface area contributed by atoms with Gasteiger partial charge in [0.05, 0.1) is 0 Å². The van der Waals surface area contributed by atoms with E-state index >= 15 is 0 Å². The number of ether oxygens (including phenoxy) is 1. The molecule has 0 spiro atoms. The zero-order valence-electron chi connectivity index (χ0n) is 14.4. The summed E-state index contributed by atoms with van der Waals surface area (Å²) in [5, 5.41) is 3.02. The van der Waals surface area contributed by atoms with E-state index < -0.39 is 6.10 Å². The molecule has 1 amide bonds. The van der Waals surface area contributed by atoms with Crippen molar-refractivity contribution in [3.05, 3.63) is 21.4 Å². The van der Waals surface area contributed by atoms with E-state index in [9.17, 15) is 9.59 Å². The maximum Gasteiger partial charge on any atom is 0.349 e. The number of fused-ring (bicyclic) bond motifs is 1. The fourth-order valence-electron chi connectivity index (χ4n) is 3.61. The molecule has 0 bridgehead atoms. The minimum absolute atomic E-state index is 0.173. The van der Waals surface area contributed by atoms with Crippen LogP contribution in [0.2, 0.25) is 0 Å². The lowest BCUT2D eigenvalue weighted by Crippen LogP contribution is -2.42. The molecule has 24 heavy (non-hydrogen) atoms. The molecule has 0 aliphatic heterocycles. The number of esters is 1. The number of rotatable bonds is 4. The van der Waals surface area contributed by atoms with Crippen LogP contribution in [0.25, 0.3) is 0 Å². The summed E-state index contributed by atoms with van der Waals surface area (Å²) in [5.41, 5.74) is 1.30. The van der Waals surface area contributed by atoms with Crippen molar-refractivity contribution in [1.82, 2.24) is 5.32 Å². The van der Waals surface area contributed by atoms with Crippen molar-refractivity contribution < 1.29 is 14.3 Å². The van der Waals surface area contributed by atoms with Crippen LogP contribution in [0.3, 0.4) is 0 Å². The Kier molecular flexibility index (Phi) is 5.93. The van der Waals surface area contributed by atoms with Crippen molar-refractivity contribution in [3.63, 3.8) is 0 Å².